The molecular weight excluding hydrogens is 497 g/mol. The van der Waals surface area contributed by atoms with Crippen LogP contribution in [-0.2, 0) is 6.42 Å². The number of halogens is 2. The van der Waals surface area contributed by atoms with Gasteiger partial charge in [-0.2, -0.15) is 0 Å². The number of rotatable bonds is 13. The highest BCUT2D eigenvalue weighted by molar-refractivity contribution is 6.35. The summed E-state index contributed by atoms with van der Waals surface area (Å²) in [4.78, 5) is 11.9. The van der Waals surface area contributed by atoms with E-state index in [4.69, 9.17) is 21.6 Å². The first kappa shape index (κ1) is 26.8. The number of aryl methyl sites for hydroxylation is 1. The van der Waals surface area contributed by atoms with E-state index in [-0.39, 0.29) is 5.82 Å². The van der Waals surface area contributed by atoms with Gasteiger partial charge >= 0.3 is 0 Å². The van der Waals surface area contributed by atoms with Crippen LogP contribution in [0, 0.1) is 5.82 Å². The van der Waals surface area contributed by atoms with Crippen molar-refractivity contribution in [3.8, 4) is 11.1 Å². The van der Waals surface area contributed by atoms with E-state index in [0.29, 0.717) is 45.6 Å². The number of nitrogens with zero attached hydrogens (tertiary/aromatic N) is 3. The first-order valence-corrected chi connectivity index (χ1v) is 14.3. The lowest BCUT2D eigenvalue weighted by molar-refractivity contribution is 0.343. The Labute approximate surface area is 229 Å². The molecule has 5 nitrogen and oxygen atoms in total. The highest BCUT2D eigenvalue weighted by atomic mass is 35.5. The van der Waals surface area contributed by atoms with Crippen LogP contribution >= 0.6 is 11.6 Å². The Morgan fingerprint density at radius 2 is 1.87 bits per heavy atom. The molecule has 1 aliphatic rings. The van der Waals surface area contributed by atoms with Crippen LogP contribution in [0.1, 0.15) is 44.9 Å². The molecular formula is C31H37ClFN5. The Bertz CT molecular complexity index is 1400. The van der Waals surface area contributed by atoms with E-state index in [0.717, 1.165) is 68.2 Å². The molecule has 0 aliphatic carbocycles. The molecule has 3 aromatic carbocycles. The highest BCUT2D eigenvalue weighted by Gasteiger charge is 2.21. The standard InChI is InChI=1S/C31H37ClFN5/c1-3-38(2)18-9-7-16-27-36-30-25(31(37-27)34-17-8-6-13-22-20-35-22)19-26(32)28(29(30)33)24-15-10-12-21-11-4-5-14-23(21)24/h4-5,10-12,14-15,19,22,35H,3,6-9,13,16-18,20H2,1-2H3,(H,34,36,37). The van der Waals surface area contributed by atoms with Crippen LogP contribution in [0.2, 0.25) is 5.02 Å². The lowest BCUT2D eigenvalue weighted by Gasteiger charge is -2.16. The predicted molar refractivity (Wildman–Crippen MR) is 158 cm³/mol. The van der Waals surface area contributed by atoms with Crippen molar-refractivity contribution in [2.75, 3.05) is 38.5 Å². The Morgan fingerprint density at radius 1 is 1.05 bits per heavy atom. The molecule has 0 saturated carbocycles. The van der Waals surface area contributed by atoms with E-state index in [9.17, 15) is 0 Å². The van der Waals surface area contributed by atoms with Crippen LogP contribution in [0.5, 0.6) is 0 Å². The predicted octanol–water partition coefficient (Wildman–Crippen LogP) is 7.07. The van der Waals surface area contributed by atoms with E-state index < -0.39 is 0 Å². The Morgan fingerprint density at radius 3 is 2.68 bits per heavy atom. The first-order chi connectivity index (χ1) is 18.5. The zero-order valence-electron chi connectivity index (χ0n) is 22.4. The number of unbranched alkanes of at least 4 members (excludes halogenated alkanes) is 2. The molecule has 4 aromatic rings. The second-order valence-corrected chi connectivity index (χ2v) is 10.7. The smallest absolute Gasteiger partial charge is 0.158 e. The fourth-order valence-corrected chi connectivity index (χ4v) is 5.31. The summed E-state index contributed by atoms with van der Waals surface area (Å²) >= 11 is 6.79. The monoisotopic (exact) mass is 533 g/mol. The summed E-state index contributed by atoms with van der Waals surface area (Å²) < 4.78 is 16.4. The van der Waals surface area contributed by atoms with Gasteiger partial charge in [0.2, 0.25) is 0 Å². The molecule has 1 atom stereocenters. The third-order valence-corrected chi connectivity index (χ3v) is 7.78. The molecule has 38 heavy (non-hydrogen) atoms. The molecule has 7 heteroatoms. The zero-order valence-corrected chi connectivity index (χ0v) is 23.1. The molecule has 200 valence electrons. The van der Waals surface area contributed by atoms with Gasteiger partial charge in [-0.3, -0.25) is 0 Å². The Balaban J connectivity index is 1.49. The molecule has 0 amide bonds. The van der Waals surface area contributed by atoms with Crippen molar-refractivity contribution in [3.63, 3.8) is 0 Å². The maximum atomic E-state index is 16.4. The van der Waals surface area contributed by atoms with Gasteiger partial charge in [0, 0.05) is 36.5 Å². The molecule has 2 N–H and O–H groups in total. The summed E-state index contributed by atoms with van der Waals surface area (Å²) in [5.41, 5.74) is 1.50. The second kappa shape index (κ2) is 12.4. The third kappa shape index (κ3) is 6.25. The Kier molecular flexibility index (Phi) is 8.72. The minimum absolute atomic E-state index is 0.331. The average Bonchev–Trinajstić information content (AvgIpc) is 3.76. The van der Waals surface area contributed by atoms with Crippen molar-refractivity contribution in [3.05, 3.63) is 65.2 Å². The summed E-state index contributed by atoms with van der Waals surface area (Å²) in [5.74, 6) is 0.956. The van der Waals surface area contributed by atoms with Gasteiger partial charge in [-0.05, 0) is 68.2 Å². The van der Waals surface area contributed by atoms with E-state index in [2.05, 4.69) is 29.5 Å². The average molecular weight is 534 g/mol. The van der Waals surface area contributed by atoms with Gasteiger partial charge in [0.05, 0.1) is 5.02 Å². The Hall–Kier alpha value is -2.80. The van der Waals surface area contributed by atoms with Crippen LogP contribution in [0.4, 0.5) is 10.2 Å². The van der Waals surface area contributed by atoms with Gasteiger partial charge < -0.3 is 15.5 Å². The second-order valence-electron chi connectivity index (χ2n) is 10.3. The van der Waals surface area contributed by atoms with E-state index in [1.165, 1.54) is 6.42 Å². The van der Waals surface area contributed by atoms with E-state index in [1.807, 2.05) is 48.5 Å². The lowest BCUT2D eigenvalue weighted by Crippen LogP contribution is -2.18. The van der Waals surface area contributed by atoms with Crippen molar-refractivity contribution in [1.82, 2.24) is 20.2 Å². The summed E-state index contributed by atoms with van der Waals surface area (Å²) in [5, 5.41) is 9.84. The van der Waals surface area contributed by atoms with Gasteiger partial charge in [0.1, 0.15) is 17.2 Å². The fraction of sp³-hybridized carbons (Fsp3) is 0.419. The summed E-state index contributed by atoms with van der Waals surface area (Å²) in [7, 11) is 2.13. The van der Waals surface area contributed by atoms with Gasteiger partial charge in [-0.25, -0.2) is 14.4 Å². The van der Waals surface area contributed by atoms with Crippen LogP contribution in [0.25, 0.3) is 32.8 Å². The summed E-state index contributed by atoms with van der Waals surface area (Å²) in [6.07, 6.45) is 6.08. The molecule has 1 aliphatic heterocycles. The van der Waals surface area contributed by atoms with Crippen LogP contribution in [0.15, 0.2) is 48.5 Å². The van der Waals surface area contributed by atoms with Gasteiger partial charge in [0.15, 0.2) is 5.82 Å². The zero-order chi connectivity index (χ0) is 26.5. The SMILES string of the molecule is CCN(C)CCCCc1nc(NCCCCC2CN2)c2cc(Cl)c(-c3cccc4ccccc34)c(F)c2n1. The number of benzene rings is 3. The molecule has 1 fully saturated rings. The maximum Gasteiger partial charge on any atom is 0.158 e. The minimum atomic E-state index is -0.388. The van der Waals surface area contributed by atoms with Crippen LogP contribution in [0.3, 0.4) is 0 Å². The number of anilines is 1. The number of aromatic nitrogens is 2. The molecule has 2 heterocycles. The van der Waals surface area contributed by atoms with E-state index >= 15 is 4.39 Å². The van der Waals surface area contributed by atoms with Crippen molar-refractivity contribution in [2.45, 2.75) is 51.5 Å². The van der Waals surface area contributed by atoms with E-state index in [1.54, 1.807) is 0 Å². The van der Waals surface area contributed by atoms with Crippen molar-refractivity contribution >= 4 is 39.1 Å². The molecule has 1 saturated heterocycles. The molecule has 0 spiro atoms. The largest absolute Gasteiger partial charge is 0.369 e. The van der Waals surface area contributed by atoms with Gasteiger partial charge in [0.25, 0.3) is 0 Å². The maximum absolute atomic E-state index is 16.4. The molecule has 1 unspecified atom stereocenters. The number of nitrogens with one attached hydrogen (secondary N) is 2. The van der Waals surface area contributed by atoms with Crippen molar-refractivity contribution in [1.29, 1.82) is 0 Å². The number of hydrogen-bond donors (Lipinski definition) is 2. The molecule has 1 aromatic heterocycles. The van der Waals surface area contributed by atoms with Gasteiger partial charge in [-0.15, -0.1) is 0 Å². The van der Waals surface area contributed by atoms with Crippen LogP contribution in [-0.4, -0.2) is 54.1 Å². The van der Waals surface area contributed by atoms with Crippen LogP contribution < -0.4 is 10.6 Å². The summed E-state index contributed by atoms with van der Waals surface area (Å²) in [6, 6.07) is 16.4. The van der Waals surface area contributed by atoms with Crippen molar-refractivity contribution in [2.24, 2.45) is 0 Å². The molecule has 0 radical (unpaired) electrons. The fourth-order valence-electron chi connectivity index (χ4n) is 5.01. The lowest BCUT2D eigenvalue weighted by atomic mass is 9.96. The minimum Gasteiger partial charge on any atom is -0.369 e. The third-order valence-electron chi connectivity index (χ3n) is 7.48. The molecule has 0 bridgehead atoms. The summed E-state index contributed by atoms with van der Waals surface area (Å²) in [6.45, 7) is 6.13. The highest BCUT2D eigenvalue weighted by Crippen LogP contribution is 2.40. The normalized spacial score (nSPS) is 15.0. The first-order valence-electron chi connectivity index (χ1n) is 13.9. The number of hydrogen-bond acceptors (Lipinski definition) is 5. The van der Waals surface area contributed by atoms with Crippen molar-refractivity contribution < 1.29 is 4.39 Å². The molecule has 5 rings (SSSR count). The topological polar surface area (TPSA) is 63.0 Å². The van der Waals surface area contributed by atoms with Gasteiger partial charge in [-0.1, -0.05) is 67.4 Å². The number of fused-ring (bicyclic) bond motifs is 2. The quantitative estimate of drug-likeness (QED) is 0.142.